The molecule has 8 aliphatic heterocycles. The first-order valence-electron chi connectivity index (χ1n) is 47.3. The zero-order valence-corrected chi connectivity index (χ0v) is 81.0. The maximum atomic E-state index is 13.9. The number of primary amides is 1. The summed E-state index contributed by atoms with van der Waals surface area (Å²) < 4.78 is 73.7. The monoisotopic (exact) mass is 2010 g/mol. The zero-order chi connectivity index (χ0) is 99.5. The van der Waals surface area contributed by atoms with Crippen LogP contribution in [0.25, 0.3) is 0 Å². The maximum absolute atomic E-state index is 13.9. The third-order valence-electron chi connectivity index (χ3n) is 30.6. The highest BCUT2D eigenvalue weighted by atomic mass is 35.5. The number of H-pyrrole nitrogens is 4. The van der Waals surface area contributed by atoms with Gasteiger partial charge >= 0.3 is 0 Å². The van der Waals surface area contributed by atoms with E-state index in [2.05, 4.69) is 66.0 Å². The molecule has 0 bridgehead atoms. The van der Waals surface area contributed by atoms with Crippen molar-refractivity contribution < 1.29 is 84.2 Å². The summed E-state index contributed by atoms with van der Waals surface area (Å²) in [4.78, 5) is 195. The summed E-state index contributed by atoms with van der Waals surface area (Å²) in [6.45, 7) is 14.1. The number of likely N-dealkylation sites (tertiary alicyclic amines) is 2. The lowest BCUT2D eigenvalue weighted by molar-refractivity contribution is -0.176. The number of nitrogens with zero attached hydrogens (tertiary/aromatic N) is 12. The van der Waals surface area contributed by atoms with Crippen LogP contribution in [0.1, 0.15) is 235 Å². The highest BCUT2D eigenvalue weighted by Crippen LogP contribution is 2.53. The van der Waals surface area contributed by atoms with Crippen molar-refractivity contribution in [1.82, 2.24) is 80.7 Å². The van der Waals surface area contributed by atoms with E-state index in [1.807, 2.05) is 7.05 Å². The van der Waals surface area contributed by atoms with Gasteiger partial charge in [-0.2, -0.15) is 0 Å². The number of rotatable bonds is 16. The summed E-state index contributed by atoms with van der Waals surface area (Å²) in [7, 11) is 2.01. The lowest BCUT2D eigenvalue weighted by atomic mass is 9.71. The smallest absolute Gasteiger partial charge is 0.275 e. The van der Waals surface area contributed by atoms with Crippen LogP contribution < -0.4 is 46.6 Å². The molecule has 12 fully saturated rings. The highest BCUT2D eigenvalue weighted by Gasteiger charge is 2.56. The number of alkyl halides is 1. The van der Waals surface area contributed by atoms with Gasteiger partial charge in [0.2, 0.25) is 23.6 Å². The molecule has 5 spiro atoms. The normalized spacial score (nSPS) is 24.8. The fourth-order valence-corrected chi connectivity index (χ4v) is 22.8. The Labute approximate surface area is 822 Å². The van der Waals surface area contributed by atoms with Gasteiger partial charge in [-0.25, -0.2) is 41.9 Å². The van der Waals surface area contributed by atoms with Crippen LogP contribution in [0.3, 0.4) is 0 Å². The Bertz CT molecular complexity index is 6210. The number of imidazole rings is 4. The standard InChI is InChI=1S/C26H32ClFN6O3.C26H29ClFN5O4.C24H26ClF2N5O3.C21H23ClFN5O3/c1-16-13-20(18(27)14-19(16)28)34-8-7-26(25(34)37)5-3-17(4-6-26)31-23(35)21-22(30-15-29-21)24(36)33-11-9-32(2)10-12-33;1-15-8-19(17(27)9-18(15)28)33-7-6-26(24(33)36)4-2-16(3-5-26)31-22(34)20-21(30-14-29-20)23(35)32-10-25(11-32)12-37-13-25;1-13-8-18(16(25)9-17(13)27)32-7-6-24(23(32)35)4-2-15(3-5-24)30-21(33)19-20(29-12-28-19)22(34)31-10-14(26)11-31;1-11-8-15(13(22)9-14(11)23)28-7-6-21(20(28)31)4-2-12(3-5-21)27-19(30)17-16(18(24)29)25-10-26-17/h13-15,17H,3-12H2,1-2H3,(H,29,30)(H,31,35);8-9,14,16H,2-7,10-13H2,1H3,(H,29,30)(H,31,34);8-9,12,14-15H,2-7,10-11H2,1H3,(H,28,29)(H,30,33);8-10,12H,2-7H2,1H3,(H2,24,29)(H,25,26)(H,27,30)/t17-,26-;16-,26-;15-,24-;12-,21-. The van der Waals surface area contributed by atoms with E-state index in [1.165, 1.54) is 54.5 Å². The molecule has 12 aliphatic rings. The third kappa shape index (κ3) is 19.7. The third-order valence-corrected chi connectivity index (χ3v) is 31.8. The summed E-state index contributed by atoms with van der Waals surface area (Å²) in [5.74, 6) is -4.95. The number of nitrogens with one attached hydrogen (secondary N) is 8. The Morgan fingerprint density at radius 2 is 0.650 bits per heavy atom. The molecule has 8 aromatic rings. The summed E-state index contributed by atoms with van der Waals surface area (Å²) in [6, 6.07) is 11.0. The SMILES string of the molecule is Cc1cc(N2CC[C@]3(CC[C@@H](NC(=O)c4[nH]cnc4C(=O)N4CC(F)C4)CC3)C2=O)c(Cl)cc1F.Cc1cc(N2CC[C@]3(CC[C@@H](NC(=O)c4[nH]cnc4C(=O)N4CC5(COC5)C4)CC3)C2=O)c(Cl)cc1F.Cc1cc(N2CC[C@]3(CC[C@@H](NC(=O)c4[nH]cnc4C(=O)N4CCN(C)CC4)CC3)C2=O)c(Cl)cc1F.Cc1cc(N2CC[C@]3(CC[C@@H](NC(=O)c4nc[nH]c4C(N)=O)CC3)C2=O)c(Cl)cc1F. The van der Waals surface area contributed by atoms with Crippen LogP contribution in [0, 0.1) is 78.0 Å². The molecule has 4 aromatic heterocycles. The van der Waals surface area contributed by atoms with Gasteiger partial charge in [0.25, 0.3) is 47.3 Å². The number of likely N-dealkylation sites (N-methyl/N-ethyl adjacent to an activating group) is 1. The lowest BCUT2D eigenvalue weighted by Crippen LogP contribution is -2.67. The van der Waals surface area contributed by atoms with Crippen LogP contribution in [0.2, 0.25) is 20.1 Å². The molecule has 12 heterocycles. The van der Waals surface area contributed by atoms with Crippen molar-refractivity contribution >= 4 is 140 Å². The molecule has 744 valence electrons. The quantitative estimate of drug-likeness (QED) is 0.0406. The lowest BCUT2D eigenvalue weighted by Gasteiger charge is -2.54. The van der Waals surface area contributed by atoms with E-state index in [1.54, 1.807) is 81.4 Å². The van der Waals surface area contributed by atoms with Crippen molar-refractivity contribution in [3.8, 4) is 0 Å². The first-order chi connectivity index (χ1) is 66.8. The molecule has 4 saturated carbocycles. The molecule has 12 amide bonds. The average molecular weight is 2010 g/mol. The Kier molecular flexibility index (Phi) is 28.6. The topological polar surface area (TPSA) is 429 Å². The number of aromatic amines is 4. The molecule has 20 rings (SSSR count). The van der Waals surface area contributed by atoms with E-state index in [4.69, 9.17) is 56.9 Å². The van der Waals surface area contributed by atoms with Gasteiger partial charge in [0.1, 0.15) is 52.2 Å². The first kappa shape index (κ1) is 99.6. The van der Waals surface area contributed by atoms with Crippen LogP contribution in [0.15, 0.2) is 73.8 Å². The van der Waals surface area contributed by atoms with Gasteiger partial charge in [-0.1, -0.05) is 46.4 Å². The van der Waals surface area contributed by atoms with Crippen molar-refractivity contribution in [2.75, 3.05) is 118 Å². The Morgan fingerprint density at radius 1 is 0.379 bits per heavy atom. The van der Waals surface area contributed by atoms with Crippen molar-refractivity contribution in [3.05, 3.63) is 185 Å². The number of benzene rings is 4. The fraction of sp³-hybridized carbons (Fsp3) is 0.505. The van der Waals surface area contributed by atoms with E-state index in [0.717, 1.165) is 13.1 Å². The minimum Gasteiger partial charge on any atom is -0.380 e. The van der Waals surface area contributed by atoms with Gasteiger partial charge < -0.3 is 90.9 Å². The van der Waals surface area contributed by atoms with Crippen molar-refractivity contribution in [3.63, 3.8) is 0 Å². The molecule has 4 aliphatic carbocycles. The van der Waals surface area contributed by atoms with E-state index in [0.29, 0.717) is 239 Å². The maximum Gasteiger partial charge on any atom is 0.275 e. The van der Waals surface area contributed by atoms with Crippen molar-refractivity contribution in [2.45, 2.75) is 186 Å². The Morgan fingerprint density at radius 3 is 0.929 bits per heavy atom. The van der Waals surface area contributed by atoms with Gasteiger partial charge in [0.15, 0.2) is 22.8 Å². The Balaban J connectivity index is 0.000000129. The van der Waals surface area contributed by atoms with Gasteiger partial charge in [0.05, 0.1) is 122 Å². The molecular weight excluding hydrogens is 1900 g/mol. The number of ether oxygens (including phenoxy) is 1. The summed E-state index contributed by atoms with van der Waals surface area (Å²) in [5, 5.41) is 12.8. The minimum absolute atomic E-state index is 0.00517. The number of amides is 12. The molecule has 0 atom stereocenters. The predicted octanol–water partition coefficient (Wildman–Crippen LogP) is 12.2. The van der Waals surface area contributed by atoms with Crippen LogP contribution >= 0.6 is 46.4 Å². The minimum atomic E-state index is -1.04. The van der Waals surface area contributed by atoms with Gasteiger partial charge in [-0.15, -0.1) is 0 Å². The number of aryl methyl sites for hydroxylation is 4. The molecule has 0 radical (unpaired) electrons. The second kappa shape index (κ2) is 40.2. The van der Waals surface area contributed by atoms with Crippen LogP contribution in [-0.2, 0) is 23.9 Å². The molecule has 8 saturated heterocycles. The summed E-state index contributed by atoms with van der Waals surface area (Å²) in [5.41, 5.74) is 7.83. The molecule has 43 heteroatoms. The second-order valence-corrected chi connectivity index (χ2v) is 41.2. The molecule has 140 heavy (non-hydrogen) atoms. The number of carbonyl (C=O) groups is 12. The van der Waals surface area contributed by atoms with Crippen molar-refractivity contribution in [2.24, 2.45) is 32.8 Å². The van der Waals surface area contributed by atoms with E-state index < -0.39 is 74.7 Å². The number of halogens is 9. The number of hydrogen-bond donors (Lipinski definition) is 9. The predicted molar refractivity (Wildman–Crippen MR) is 507 cm³/mol. The number of aromatic nitrogens is 8. The zero-order valence-electron chi connectivity index (χ0n) is 78.0. The molecule has 34 nitrogen and oxygen atoms in total. The molecular formula is C97H110Cl4F5N21O13. The molecule has 10 N–H and O–H groups in total. The number of nitrogens with two attached hydrogens (primary N) is 1. The largest absolute Gasteiger partial charge is 0.380 e. The van der Waals surface area contributed by atoms with Crippen LogP contribution in [0.4, 0.5) is 44.7 Å². The molecule has 4 aromatic carbocycles. The second-order valence-electron chi connectivity index (χ2n) is 39.6. The Hall–Kier alpha value is -11.9. The van der Waals surface area contributed by atoms with E-state index in [9.17, 15) is 79.5 Å². The number of anilines is 4. The van der Waals surface area contributed by atoms with Crippen LogP contribution in [0.5, 0.6) is 0 Å². The van der Waals surface area contributed by atoms with Gasteiger partial charge in [-0.3, -0.25) is 57.5 Å². The highest BCUT2D eigenvalue weighted by molar-refractivity contribution is 6.35. The number of carbonyl (C=O) groups excluding carboxylic acids is 12. The first-order valence-corrected chi connectivity index (χ1v) is 48.9. The van der Waals surface area contributed by atoms with E-state index in [-0.39, 0.29) is 156 Å². The fourth-order valence-electron chi connectivity index (χ4n) is 21.8. The number of piperazine rings is 1. The van der Waals surface area contributed by atoms with Gasteiger partial charge in [-0.05, 0) is 234 Å². The van der Waals surface area contributed by atoms with Crippen LogP contribution in [-0.4, -0.2) is 259 Å². The summed E-state index contributed by atoms with van der Waals surface area (Å²) >= 11 is 25.0. The van der Waals surface area contributed by atoms with E-state index >= 15 is 0 Å². The summed E-state index contributed by atoms with van der Waals surface area (Å²) in [6.07, 6.45) is 17.0. The van der Waals surface area contributed by atoms with Gasteiger partial charge in [0, 0.05) is 89.6 Å². The molecule has 0 unspecified atom stereocenters. The number of hydrogen-bond acceptors (Lipinski definition) is 18. The van der Waals surface area contributed by atoms with Crippen molar-refractivity contribution in [1.29, 1.82) is 0 Å². The average Bonchev–Trinajstić information content (AvgIpc) is 1.22.